The second-order valence-corrected chi connectivity index (χ2v) is 6.59. The molecule has 2 aromatic rings. The summed E-state index contributed by atoms with van der Waals surface area (Å²) in [4.78, 5) is 5.22. The average Bonchev–Trinajstić information content (AvgIpc) is 2.83. The van der Waals surface area contributed by atoms with E-state index in [1.54, 1.807) is 19.4 Å². The SMILES string of the molecule is Cc1ncsc1CNS(=O)(=O)c1c(C)n[nH]c1C. The van der Waals surface area contributed by atoms with Crippen LogP contribution in [-0.4, -0.2) is 23.6 Å². The lowest BCUT2D eigenvalue weighted by molar-refractivity contribution is 0.580. The minimum absolute atomic E-state index is 0.227. The smallest absolute Gasteiger partial charge is 0.244 e. The highest BCUT2D eigenvalue weighted by atomic mass is 32.2. The van der Waals surface area contributed by atoms with Gasteiger partial charge in [-0.3, -0.25) is 5.10 Å². The van der Waals surface area contributed by atoms with E-state index in [0.29, 0.717) is 11.4 Å². The molecule has 2 aromatic heterocycles. The summed E-state index contributed by atoms with van der Waals surface area (Å²) in [6, 6.07) is 0. The second kappa shape index (κ2) is 4.79. The molecular formula is C10H14N4O2S2. The van der Waals surface area contributed by atoms with Crippen molar-refractivity contribution in [2.24, 2.45) is 0 Å². The molecule has 98 valence electrons. The van der Waals surface area contributed by atoms with E-state index in [2.05, 4.69) is 19.9 Å². The van der Waals surface area contributed by atoms with E-state index in [9.17, 15) is 8.42 Å². The maximum atomic E-state index is 12.2. The van der Waals surface area contributed by atoms with E-state index in [1.165, 1.54) is 11.3 Å². The summed E-state index contributed by atoms with van der Waals surface area (Å²) in [6.45, 7) is 5.46. The first-order valence-electron chi connectivity index (χ1n) is 5.32. The molecule has 0 saturated carbocycles. The topological polar surface area (TPSA) is 87.7 Å². The Labute approximate surface area is 110 Å². The highest BCUT2D eigenvalue weighted by Crippen LogP contribution is 2.18. The van der Waals surface area contributed by atoms with E-state index < -0.39 is 10.0 Å². The van der Waals surface area contributed by atoms with Gasteiger partial charge in [0, 0.05) is 11.4 Å². The Morgan fingerprint density at radius 2 is 2.06 bits per heavy atom. The summed E-state index contributed by atoms with van der Waals surface area (Å²) >= 11 is 1.43. The van der Waals surface area contributed by atoms with Gasteiger partial charge in [-0.1, -0.05) is 0 Å². The zero-order valence-corrected chi connectivity index (χ0v) is 11.9. The Morgan fingerprint density at radius 1 is 1.33 bits per heavy atom. The third-order valence-corrected chi connectivity index (χ3v) is 5.20. The maximum absolute atomic E-state index is 12.2. The summed E-state index contributed by atoms with van der Waals surface area (Å²) in [6.07, 6.45) is 0. The van der Waals surface area contributed by atoms with E-state index >= 15 is 0 Å². The van der Waals surface area contributed by atoms with Crippen LogP contribution in [0.25, 0.3) is 0 Å². The minimum Gasteiger partial charge on any atom is -0.281 e. The third kappa shape index (κ3) is 2.45. The number of nitrogens with one attached hydrogen (secondary N) is 2. The van der Waals surface area contributed by atoms with Crippen LogP contribution in [-0.2, 0) is 16.6 Å². The van der Waals surface area contributed by atoms with Gasteiger partial charge in [0.15, 0.2) is 0 Å². The van der Waals surface area contributed by atoms with Crippen molar-refractivity contribution in [3.8, 4) is 0 Å². The number of nitrogens with zero attached hydrogens (tertiary/aromatic N) is 2. The van der Waals surface area contributed by atoms with Crippen LogP contribution in [0.4, 0.5) is 0 Å². The van der Waals surface area contributed by atoms with Gasteiger partial charge in [0.1, 0.15) is 4.90 Å². The summed E-state index contributed by atoms with van der Waals surface area (Å²) in [5, 5.41) is 6.56. The van der Waals surface area contributed by atoms with Gasteiger partial charge in [-0.2, -0.15) is 5.10 Å². The molecule has 0 radical (unpaired) electrons. The number of aromatic nitrogens is 3. The average molecular weight is 286 g/mol. The molecule has 0 saturated heterocycles. The first-order chi connectivity index (χ1) is 8.42. The Kier molecular flexibility index (Phi) is 3.51. The standard InChI is InChI=1S/C10H14N4O2S2/c1-6-9(17-5-11-6)4-12-18(15,16)10-7(2)13-14-8(10)3/h5,12H,4H2,1-3H3,(H,13,14). The first kappa shape index (κ1) is 13.2. The van der Waals surface area contributed by atoms with Crippen LogP contribution in [0, 0.1) is 20.8 Å². The highest BCUT2D eigenvalue weighted by molar-refractivity contribution is 7.89. The minimum atomic E-state index is -3.54. The molecule has 2 rings (SSSR count). The van der Waals surface area contributed by atoms with E-state index in [1.807, 2.05) is 6.92 Å². The van der Waals surface area contributed by atoms with Crippen LogP contribution in [0.3, 0.4) is 0 Å². The number of aryl methyl sites for hydroxylation is 3. The predicted molar refractivity (Wildman–Crippen MR) is 68.9 cm³/mol. The summed E-state index contributed by atoms with van der Waals surface area (Å²) in [5.41, 5.74) is 3.57. The lowest BCUT2D eigenvalue weighted by Gasteiger charge is -2.05. The van der Waals surface area contributed by atoms with Crippen molar-refractivity contribution in [3.05, 3.63) is 27.5 Å². The maximum Gasteiger partial charge on any atom is 0.244 e. The zero-order valence-electron chi connectivity index (χ0n) is 10.3. The van der Waals surface area contributed by atoms with E-state index in [-0.39, 0.29) is 11.4 Å². The normalized spacial score (nSPS) is 11.9. The van der Waals surface area contributed by atoms with Crippen LogP contribution in [0.5, 0.6) is 0 Å². The quantitative estimate of drug-likeness (QED) is 0.886. The molecule has 0 aliphatic heterocycles. The number of sulfonamides is 1. The molecule has 2 N–H and O–H groups in total. The Morgan fingerprint density at radius 3 is 2.56 bits per heavy atom. The van der Waals surface area contributed by atoms with Crippen molar-refractivity contribution in [1.29, 1.82) is 0 Å². The lowest BCUT2D eigenvalue weighted by Crippen LogP contribution is -2.24. The number of H-pyrrole nitrogens is 1. The van der Waals surface area contributed by atoms with Crippen molar-refractivity contribution < 1.29 is 8.42 Å². The molecule has 18 heavy (non-hydrogen) atoms. The Balaban J connectivity index is 2.21. The molecule has 0 aliphatic rings. The molecule has 6 nitrogen and oxygen atoms in total. The van der Waals surface area contributed by atoms with Crippen LogP contribution in [0.15, 0.2) is 10.4 Å². The first-order valence-corrected chi connectivity index (χ1v) is 7.68. The molecule has 0 atom stereocenters. The fourth-order valence-corrected chi connectivity index (χ4v) is 3.84. The number of aromatic amines is 1. The molecule has 0 aliphatic carbocycles. The number of rotatable bonds is 4. The molecular weight excluding hydrogens is 272 g/mol. The molecule has 2 heterocycles. The van der Waals surface area contributed by atoms with Crippen LogP contribution in [0.1, 0.15) is 22.0 Å². The molecule has 0 fully saturated rings. The predicted octanol–water partition coefficient (Wildman–Crippen LogP) is 1.27. The third-order valence-electron chi connectivity index (χ3n) is 2.60. The van der Waals surface area contributed by atoms with Gasteiger partial charge >= 0.3 is 0 Å². The van der Waals surface area contributed by atoms with Crippen LogP contribution < -0.4 is 4.72 Å². The molecule has 0 amide bonds. The Bertz CT molecular complexity index is 638. The summed E-state index contributed by atoms with van der Waals surface area (Å²) in [7, 11) is -3.54. The van der Waals surface area contributed by atoms with Gasteiger partial charge in [0.25, 0.3) is 0 Å². The molecule has 0 spiro atoms. The van der Waals surface area contributed by atoms with Crippen molar-refractivity contribution in [1.82, 2.24) is 19.9 Å². The van der Waals surface area contributed by atoms with Gasteiger partial charge in [0.2, 0.25) is 10.0 Å². The van der Waals surface area contributed by atoms with Gasteiger partial charge in [-0.15, -0.1) is 11.3 Å². The fourth-order valence-electron chi connectivity index (χ4n) is 1.67. The monoisotopic (exact) mass is 286 g/mol. The molecule has 0 bridgehead atoms. The van der Waals surface area contributed by atoms with E-state index in [4.69, 9.17) is 0 Å². The van der Waals surface area contributed by atoms with Crippen molar-refractivity contribution in [2.45, 2.75) is 32.2 Å². The van der Waals surface area contributed by atoms with Crippen molar-refractivity contribution in [3.63, 3.8) is 0 Å². The summed E-state index contributed by atoms with van der Waals surface area (Å²) in [5.74, 6) is 0. The van der Waals surface area contributed by atoms with Gasteiger partial charge < -0.3 is 0 Å². The van der Waals surface area contributed by atoms with Gasteiger partial charge in [-0.25, -0.2) is 18.1 Å². The van der Waals surface area contributed by atoms with Gasteiger partial charge in [0.05, 0.1) is 22.6 Å². The number of hydrogen-bond acceptors (Lipinski definition) is 5. The number of hydrogen-bond donors (Lipinski definition) is 2. The Hall–Kier alpha value is -1.25. The zero-order chi connectivity index (χ0) is 13.3. The summed E-state index contributed by atoms with van der Waals surface area (Å²) < 4.78 is 26.9. The molecule has 0 unspecified atom stereocenters. The largest absolute Gasteiger partial charge is 0.281 e. The highest BCUT2D eigenvalue weighted by Gasteiger charge is 2.22. The van der Waals surface area contributed by atoms with Crippen molar-refractivity contribution in [2.75, 3.05) is 0 Å². The second-order valence-electron chi connectivity index (χ2n) is 3.95. The van der Waals surface area contributed by atoms with E-state index in [0.717, 1.165) is 10.6 Å². The fraction of sp³-hybridized carbons (Fsp3) is 0.400. The van der Waals surface area contributed by atoms with Crippen LogP contribution in [0.2, 0.25) is 0 Å². The van der Waals surface area contributed by atoms with Crippen LogP contribution >= 0.6 is 11.3 Å². The lowest BCUT2D eigenvalue weighted by atomic mass is 10.4. The molecule has 8 heteroatoms. The molecule has 0 aromatic carbocycles. The number of thiazole rings is 1. The van der Waals surface area contributed by atoms with Gasteiger partial charge in [-0.05, 0) is 20.8 Å². The van der Waals surface area contributed by atoms with Crippen molar-refractivity contribution >= 4 is 21.4 Å².